The van der Waals surface area contributed by atoms with Crippen LogP contribution in [0.4, 0.5) is 4.39 Å². The SMILES string of the molecule is C[C@H]1C[C@@H](C(=O)N(C)Cc2ccccc2F)CCN1. The van der Waals surface area contributed by atoms with E-state index in [0.717, 1.165) is 19.4 Å². The predicted molar refractivity (Wildman–Crippen MR) is 73.1 cm³/mol. The zero-order valence-electron chi connectivity index (χ0n) is 11.5. The van der Waals surface area contributed by atoms with Crippen molar-refractivity contribution >= 4 is 5.91 Å². The number of benzene rings is 1. The van der Waals surface area contributed by atoms with Gasteiger partial charge in [0.25, 0.3) is 0 Å². The Bertz CT molecular complexity index is 450. The number of hydrogen-bond donors (Lipinski definition) is 1. The Labute approximate surface area is 113 Å². The van der Waals surface area contributed by atoms with Crippen molar-refractivity contribution in [2.75, 3.05) is 13.6 Å². The van der Waals surface area contributed by atoms with E-state index in [-0.39, 0.29) is 17.6 Å². The van der Waals surface area contributed by atoms with Crippen molar-refractivity contribution in [1.29, 1.82) is 0 Å². The van der Waals surface area contributed by atoms with E-state index in [0.29, 0.717) is 18.2 Å². The van der Waals surface area contributed by atoms with Gasteiger partial charge in [-0.3, -0.25) is 4.79 Å². The summed E-state index contributed by atoms with van der Waals surface area (Å²) in [5, 5.41) is 3.33. The van der Waals surface area contributed by atoms with Crippen LogP contribution in [0.1, 0.15) is 25.3 Å². The Morgan fingerprint density at radius 1 is 1.47 bits per heavy atom. The molecule has 0 aromatic heterocycles. The molecule has 104 valence electrons. The standard InChI is InChI=1S/C15H21FN2O/c1-11-9-12(7-8-17-11)15(19)18(2)10-13-5-3-4-6-14(13)16/h3-6,11-12,17H,7-10H2,1-2H3/t11-,12-/m0/s1. The molecule has 1 N–H and O–H groups in total. The van der Waals surface area contributed by atoms with E-state index < -0.39 is 0 Å². The van der Waals surface area contributed by atoms with Crippen LogP contribution >= 0.6 is 0 Å². The fraction of sp³-hybridized carbons (Fsp3) is 0.533. The average molecular weight is 264 g/mol. The van der Waals surface area contributed by atoms with Gasteiger partial charge in [0, 0.05) is 31.1 Å². The fourth-order valence-corrected chi connectivity index (χ4v) is 2.63. The third-order valence-corrected chi connectivity index (χ3v) is 3.71. The molecule has 3 nitrogen and oxygen atoms in total. The van der Waals surface area contributed by atoms with Crippen LogP contribution in [0.15, 0.2) is 24.3 Å². The van der Waals surface area contributed by atoms with E-state index in [4.69, 9.17) is 0 Å². The number of carbonyl (C=O) groups excluding carboxylic acids is 1. The number of rotatable bonds is 3. The number of hydrogen-bond acceptors (Lipinski definition) is 2. The van der Waals surface area contributed by atoms with Gasteiger partial charge in [-0.1, -0.05) is 18.2 Å². The predicted octanol–water partition coefficient (Wildman–Crippen LogP) is 2.17. The largest absolute Gasteiger partial charge is 0.341 e. The number of halogens is 1. The summed E-state index contributed by atoms with van der Waals surface area (Å²) in [7, 11) is 1.75. The molecule has 1 amide bonds. The molecule has 0 bridgehead atoms. The monoisotopic (exact) mass is 264 g/mol. The Morgan fingerprint density at radius 3 is 2.89 bits per heavy atom. The Balaban J connectivity index is 1.97. The highest BCUT2D eigenvalue weighted by Gasteiger charge is 2.27. The van der Waals surface area contributed by atoms with Gasteiger partial charge in [-0.05, 0) is 32.4 Å². The lowest BCUT2D eigenvalue weighted by molar-refractivity contribution is -0.135. The second kappa shape index (κ2) is 6.15. The van der Waals surface area contributed by atoms with E-state index in [2.05, 4.69) is 12.2 Å². The van der Waals surface area contributed by atoms with Gasteiger partial charge in [-0.25, -0.2) is 4.39 Å². The zero-order valence-corrected chi connectivity index (χ0v) is 11.5. The molecule has 1 aromatic rings. The Morgan fingerprint density at radius 2 is 2.21 bits per heavy atom. The minimum Gasteiger partial charge on any atom is -0.341 e. The highest BCUT2D eigenvalue weighted by Crippen LogP contribution is 2.19. The lowest BCUT2D eigenvalue weighted by Gasteiger charge is -2.30. The van der Waals surface area contributed by atoms with Gasteiger partial charge in [0.2, 0.25) is 5.91 Å². The molecule has 0 spiro atoms. The third-order valence-electron chi connectivity index (χ3n) is 3.71. The second-order valence-electron chi connectivity index (χ2n) is 5.36. The maximum absolute atomic E-state index is 13.6. The normalized spacial score (nSPS) is 23.1. The number of carbonyl (C=O) groups is 1. The van der Waals surface area contributed by atoms with Crippen molar-refractivity contribution in [1.82, 2.24) is 10.2 Å². The lowest BCUT2D eigenvalue weighted by atomic mass is 9.92. The summed E-state index contributed by atoms with van der Waals surface area (Å²) in [5.74, 6) is -0.0644. The van der Waals surface area contributed by atoms with Crippen LogP contribution in [0.2, 0.25) is 0 Å². The summed E-state index contributed by atoms with van der Waals surface area (Å²) >= 11 is 0. The first-order valence-electron chi connectivity index (χ1n) is 6.79. The van der Waals surface area contributed by atoms with Crippen LogP contribution in [0.25, 0.3) is 0 Å². The summed E-state index contributed by atoms with van der Waals surface area (Å²) in [6.45, 7) is 3.31. The molecule has 0 unspecified atom stereocenters. The molecule has 0 saturated carbocycles. The highest BCUT2D eigenvalue weighted by atomic mass is 19.1. The molecule has 0 radical (unpaired) electrons. The van der Waals surface area contributed by atoms with Crippen molar-refractivity contribution < 1.29 is 9.18 Å². The first-order chi connectivity index (χ1) is 9.08. The van der Waals surface area contributed by atoms with Crippen LogP contribution in [0.3, 0.4) is 0 Å². The maximum Gasteiger partial charge on any atom is 0.225 e. The van der Waals surface area contributed by atoms with Crippen molar-refractivity contribution in [2.24, 2.45) is 5.92 Å². The molecule has 1 aliphatic rings. The van der Waals surface area contributed by atoms with Gasteiger partial charge in [0.1, 0.15) is 5.82 Å². The van der Waals surface area contributed by atoms with Gasteiger partial charge >= 0.3 is 0 Å². The zero-order chi connectivity index (χ0) is 13.8. The number of amides is 1. The van der Waals surface area contributed by atoms with E-state index in [1.807, 2.05) is 0 Å². The van der Waals surface area contributed by atoms with Crippen LogP contribution < -0.4 is 5.32 Å². The van der Waals surface area contributed by atoms with Crippen molar-refractivity contribution in [3.05, 3.63) is 35.6 Å². The van der Waals surface area contributed by atoms with E-state index in [1.165, 1.54) is 6.07 Å². The Hall–Kier alpha value is -1.42. The molecule has 1 aliphatic heterocycles. The molecular weight excluding hydrogens is 243 g/mol. The van der Waals surface area contributed by atoms with Crippen molar-refractivity contribution in [3.8, 4) is 0 Å². The van der Waals surface area contributed by atoms with Gasteiger partial charge in [-0.15, -0.1) is 0 Å². The molecule has 2 atom stereocenters. The van der Waals surface area contributed by atoms with Crippen LogP contribution in [0.5, 0.6) is 0 Å². The topological polar surface area (TPSA) is 32.3 Å². The summed E-state index contributed by atoms with van der Waals surface area (Å²) in [6.07, 6.45) is 1.73. The summed E-state index contributed by atoms with van der Waals surface area (Å²) in [4.78, 5) is 14.0. The van der Waals surface area contributed by atoms with Gasteiger partial charge in [-0.2, -0.15) is 0 Å². The number of nitrogens with zero attached hydrogens (tertiary/aromatic N) is 1. The van der Waals surface area contributed by atoms with E-state index >= 15 is 0 Å². The first-order valence-corrected chi connectivity index (χ1v) is 6.79. The molecule has 4 heteroatoms. The highest BCUT2D eigenvalue weighted by molar-refractivity contribution is 5.78. The third kappa shape index (κ3) is 3.53. The summed E-state index contributed by atoms with van der Waals surface area (Å²) in [6, 6.07) is 6.99. The van der Waals surface area contributed by atoms with Gasteiger partial charge in [0.15, 0.2) is 0 Å². The molecule has 2 rings (SSSR count). The van der Waals surface area contributed by atoms with Gasteiger partial charge in [0.05, 0.1) is 0 Å². The number of piperidine rings is 1. The van der Waals surface area contributed by atoms with Crippen LogP contribution in [0, 0.1) is 11.7 Å². The maximum atomic E-state index is 13.6. The summed E-state index contributed by atoms with van der Waals surface area (Å²) in [5.41, 5.74) is 0.570. The van der Waals surface area contributed by atoms with Crippen molar-refractivity contribution in [2.45, 2.75) is 32.4 Å². The molecular formula is C15H21FN2O. The van der Waals surface area contributed by atoms with Crippen LogP contribution in [-0.2, 0) is 11.3 Å². The minimum absolute atomic E-state index is 0.0630. The lowest BCUT2D eigenvalue weighted by Crippen LogP contribution is -2.42. The van der Waals surface area contributed by atoms with Crippen molar-refractivity contribution in [3.63, 3.8) is 0 Å². The van der Waals surface area contributed by atoms with E-state index in [1.54, 1.807) is 30.1 Å². The molecule has 0 aliphatic carbocycles. The molecule has 1 saturated heterocycles. The van der Waals surface area contributed by atoms with E-state index in [9.17, 15) is 9.18 Å². The van der Waals surface area contributed by atoms with Gasteiger partial charge < -0.3 is 10.2 Å². The quantitative estimate of drug-likeness (QED) is 0.907. The average Bonchev–Trinajstić information content (AvgIpc) is 2.40. The molecule has 1 aromatic carbocycles. The molecule has 1 fully saturated rings. The smallest absolute Gasteiger partial charge is 0.225 e. The Kier molecular flexibility index (Phi) is 4.53. The first kappa shape index (κ1) is 14.0. The summed E-state index contributed by atoms with van der Waals surface area (Å²) < 4.78 is 13.6. The van der Waals surface area contributed by atoms with Crippen LogP contribution in [-0.4, -0.2) is 30.4 Å². The fourth-order valence-electron chi connectivity index (χ4n) is 2.63. The molecule has 19 heavy (non-hydrogen) atoms. The molecule has 1 heterocycles. The second-order valence-corrected chi connectivity index (χ2v) is 5.36. The number of nitrogens with one attached hydrogen (secondary N) is 1. The minimum atomic E-state index is -0.249.